The van der Waals surface area contributed by atoms with Gasteiger partial charge in [-0.25, -0.2) is 17.9 Å². The number of sulfonamides is 1. The van der Waals surface area contributed by atoms with E-state index in [2.05, 4.69) is 4.72 Å². The van der Waals surface area contributed by atoms with Gasteiger partial charge in [0, 0.05) is 6.54 Å². The molecule has 0 unspecified atom stereocenters. The molecule has 0 saturated carbocycles. The van der Waals surface area contributed by atoms with E-state index in [4.69, 9.17) is 9.84 Å². The van der Waals surface area contributed by atoms with Crippen LogP contribution in [0.25, 0.3) is 0 Å². The van der Waals surface area contributed by atoms with Crippen molar-refractivity contribution in [1.82, 2.24) is 4.72 Å². The van der Waals surface area contributed by atoms with Crippen LogP contribution in [-0.4, -0.2) is 33.1 Å². The van der Waals surface area contributed by atoms with Crippen LogP contribution in [-0.2, 0) is 10.0 Å². The molecule has 118 valence electrons. The minimum Gasteiger partial charge on any atom is -0.495 e. The molecule has 0 aliphatic rings. The smallest absolute Gasteiger partial charge is 0.335 e. The van der Waals surface area contributed by atoms with E-state index in [1.165, 1.54) is 25.3 Å². The van der Waals surface area contributed by atoms with Gasteiger partial charge in [-0.15, -0.1) is 0 Å². The zero-order valence-corrected chi connectivity index (χ0v) is 13.5. The summed E-state index contributed by atoms with van der Waals surface area (Å²) in [4.78, 5) is 10.8. The number of hydrogen-bond acceptors (Lipinski definition) is 4. The van der Waals surface area contributed by atoms with Crippen LogP contribution in [0.3, 0.4) is 0 Å². The van der Waals surface area contributed by atoms with Crippen LogP contribution in [0.15, 0.2) is 23.1 Å². The first-order valence-electron chi connectivity index (χ1n) is 6.48. The van der Waals surface area contributed by atoms with Crippen LogP contribution < -0.4 is 9.46 Å². The average Bonchev–Trinajstić information content (AvgIpc) is 2.35. The zero-order chi connectivity index (χ0) is 16.3. The minimum absolute atomic E-state index is 0.0122. The molecule has 0 atom stereocenters. The van der Waals surface area contributed by atoms with Gasteiger partial charge in [-0.3, -0.25) is 0 Å². The van der Waals surface area contributed by atoms with Crippen molar-refractivity contribution in [3.63, 3.8) is 0 Å². The van der Waals surface area contributed by atoms with Gasteiger partial charge in [-0.05, 0) is 30.0 Å². The Balaban J connectivity index is 3.00. The van der Waals surface area contributed by atoms with E-state index in [-0.39, 0.29) is 21.6 Å². The summed E-state index contributed by atoms with van der Waals surface area (Å²) in [6.07, 6.45) is 0.682. The molecule has 6 nitrogen and oxygen atoms in total. The molecule has 2 N–H and O–H groups in total. The Labute approximate surface area is 125 Å². The highest BCUT2D eigenvalue weighted by Crippen LogP contribution is 2.25. The molecule has 0 saturated heterocycles. The Morgan fingerprint density at radius 2 is 1.95 bits per heavy atom. The topological polar surface area (TPSA) is 92.7 Å². The second-order valence-electron chi connectivity index (χ2n) is 5.88. The Hall–Kier alpha value is -1.60. The van der Waals surface area contributed by atoms with Gasteiger partial charge in [0.25, 0.3) is 0 Å². The second-order valence-corrected chi connectivity index (χ2v) is 7.61. The van der Waals surface area contributed by atoms with Crippen molar-refractivity contribution in [3.8, 4) is 5.75 Å². The fraction of sp³-hybridized carbons (Fsp3) is 0.500. The Morgan fingerprint density at radius 3 is 2.43 bits per heavy atom. The lowest BCUT2D eigenvalue weighted by Gasteiger charge is -2.18. The SMILES string of the molecule is COc1cc(C(=O)O)ccc1S(=O)(=O)NCCC(C)(C)C. The zero-order valence-electron chi connectivity index (χ0n) is 12.6. The number of ether oxygens (including phenoxy) is 1. The standard InChI is InChI=1S/C14H21NO5S/c1-14(2,3)7-8-15-21(18,19)12-6-5-10(13(16)17)9-11(12)20-4/h5-6,9,15H,7-8H2,1-4H3,(H,16,17). The Kier molecular flexibility index (Phi) is 5.36. The van der Waals surface area contributed by atoms with Crippen molar-refractivity contribution in [2.45, 2.75) is 32.1 Å². The molecule has 0 aliphatic carbocycles. The van der Waals surface area contributed by atoms with E-state index in [0.717, 1.165) is 0 Å². The van der Waals surface area contributed by atoms with Crippen molar-refractivity contribution >= 4 is 16.0 Å². The highest BCUT2D eigenvalue weighted by Gasteiger charge is 2.21. The normalized spacial score (nSPS) is 12.2. The molecule has 7 heteroatoms. The van der Waals surface area contributed by atoms with Gasteiger partial charge in [-0.2, -0.15) is 0 Å². The van der Waals surface area contributed by atoms with Gasteiger partial charge in [0.1, 0.15) is 10.6 Å². The number of hydrogen-bond donors (Lipinski definition) is 2. The van der Waals surface area contributed by atoms with Crippen LogP contribution in [0.4, 0.5) is 0 Å². The molecule has 0 aliphatic heterocycles. The summed E-state index contributed by atoms with van der Waals surface area (Å²) in [6, 6.07) is 3.67. The first-order valence-corrected chi connectivity index (χ1v) is 7.96. The molecule has 1 rings (SSSR count). The molecule has 0 heterocycles. The summed E-state index contributed by atoms with van der Waals surface area (Å²) in [5, 5.41) is 8.91. The highest BCUT2D eigenvalue weighted by atomic mass is 32.2. The lowest BCUT2D eigenvalue weighted by Crippen LogP contribution is -2.27. The van der Waals surface area contributed by atoms with Crippen LogP contribution in [0.5, 0.6) is 5.75 Å². The summed E-state index contributed by atoms with van der Waals surface area (Å²) in [5.41, 5.74) is -0.0137. The lowest BCUT2D eigenvalue weighted by atomic mass is 9.93. The van der Waals surface area contributed by atoms with Crippen LogP contribution in [0, 0.1) is 5.41 Å². The summed E-state index contributed by atoms with van der Waals surface area (Å²) in [5.74, 6) is -1.13. The summed E-state index contributed by atoms with van der Waals surface area (Å²) in [6.45, 7) is 6.35. The number of carboxylic acid groups (broad SMARTS) is 1. The molecular weight excluding hydrogens is 294 g/mol. The Bertz CT molecular complexity index is 617. The third kappa shape index (κ3) is 5.02. The molecule has 0 fully saturated rings. The van der Waals surface area contributed by atoms with Crippen LogP contribution in [0.1, 0.15) is 37.6 Å². The monoisotopic (exact) mass is 315 g/mol. The van der Waals surface area contributed by atoms with Gasteiger partial charge in [0.05, 0.1) is 12.7 Å². The van der Waals surface area contributed by atoms with Crippen molar-refractivity contribution < 1.29 is 23.1 Å². The summed E-state index contributed by atoms with van der Waals surface area (Å²) < 4.78 is 32.0. The number of methoxy groups -OCH3 is 1. The molecular formula is C14H21NO5S. The molecule has 1 aromatic carbocycles. The molecule has 0 aromatic heterocycles. The van der Waals surface area contributed by atoms with E-state index in [1.807, 2.05) is 20.8 Å². The number of rotatable bonds is 6. The first-order chi connectivity index (χ1) is 9.57. The number of carboxylic acids is 1. The van der Waals surface area contributed by atoms with Gasteiger partial charge in [0.15, 0.2) is 0 Å². The molecule has 0 amide bonds. The highest BCUT2D eigenvalue weighted by molar-refractivity contribution is 7.89. The maximum Gasteiger partial charge on any atom is 0.335 e. The van der Waals surface area contributed by atoms with E-state index in [1.54, 1.807) is 0 Å². The molecule has 21 heavy (non-hydrogen) atoms. The third-order valence-electron chi connectivity index (χ3n) is 2.87. The van der Waals surface area contributed by atoms with Crippen molar-refractivity contribution in [1.29, 1.82) is 0 Å². The lowest BCUT2D eigenvalue weighted by molar-refractivity contribution is 0.0696. The largest absolute Gasteiger partial charge is 0.495 e. The predicted octanol–water partition coefficient (Wildman–Crippen LogP) is 2.11. The number of nitrogens with one attached hydrogen (secondary N) is 1. The maximum atomic E-state index is 12.2. The fourth-order valence-electron chi connectivity index (χ4n) is 1.66. The molecule has 1 aromatic rings. The first kappa shape index (κ1) is 17.5. The summed E-state index contributed by atoms with van der Waals surface area (Å²) in [7, 11) is -2.44. The van der Waals surface area contributed by atoms with E-state index >= 15 is 0 Å². The molecule has 0 radical (unpaired) electrons. The van der Waals surface area contributed by atoms with Crippen molar-refractivity contribution in [2.75, 3.05) is 13.7 Å². The van der Waals surface area contributed by atoms with Crippen LogP contribution >= 0.6 is 0 Å². The quantitative estimate of drug-likeness (QED) is 0.838. The van der Waals surface area contributed by atoms with E-state index in [0.29, 0.717) is 13.0 Å². The summed E-state index contributed by atoms with van der Waals surface area (Å²) >= 11 is 0. The average molecular weight is 315 g/mol. The molecule has 0 bridgehead atoms. The van der Waals surface area contributed by atoms with Gasteiger partial charge < -0.3 is 9.84 Å². The third-order valence-corrected chi connectivity index (χ3v) is 4.37. The number of carbonyl (C=O) groups is 1. The van der Waals surface area contributed by atoms with Gasteiger partial charge in [-0.1, -0.05) is 20.8 Å². The maximum absolute atomic E-state index is 12.2. The Morgan fingerprint density at radius 1 is 1.33 bits per heavy atom. The second kappa shape index (κ2) is 6.44. The minimum atomic E-state index is -3.74. The predicted molar refractivity (Wildman–Crippen MR) is 79.2 cm³/mol. The van der Waals surface area contributed by atoms with E-state index in [9.17, 15) is 13.2 Å². The fourth-order valence-corrected chi connectivity index (χ4v) is 2.84. The van der Waals surface area contributed by atoms with Crippen molar-refractivity contribution in [2.24, 2.45) is 5.41 Å². The molecule has 0 spiro atoms. The number of aromatic carboxylic acids is 1. The van der Waals surface area contributed by atoms with Gasteiger partial charge in [0.2, 0.25) is 10.0 Å². The number of benzene rings is 1. The van der Waals surface area contributed by atoms with Crippen molar-refractivity contribution in [3.05, 3.63) is 23.8 Å². The van der Waals surface area contributed by atoms with E-state index < -0.39 is 16.0 Å². The van der Waals surface area contributed by atoms with Gasteiger partial charge >= 0.3 is 5.97 Å². The van der Waals surface area contributed by atoms with Crippen LogP contribution in [0.2, 0.25) is 0 Å².